The number of esters is 1. The van der Waals surface area contributed by atoms with Crippen molar-refractivity contribution in [2.75, 3.05) is 13.7 Å². The molecule has 2 bridgehead atoms. The monoisotopic (exact) mass is 383 g/mol. The molecule has 2 aromatic rings. The predicted molar refractivity (Wildman–Crippen MR) is 97.6 cm³/mol. The Hall–Kier alpha value is -3.16. The highest BCUT2D eigenvalue weighted by Crippen LogP contribution is 2.42. The Bertz CT molecular complexity index is 890. The van der Waals surface area contributed by atoms with Crippen molar-refractivity contribution in [3.8, 4) is 5.75 Å². The number of ether oxygens (including phenoxy) is 2. The molecule has 1 fully saturated rings. The number of amides is 1. The van der Waals surface area contributed by atoms with E-state index in [1.54, 1.807) is 24.3 Å². The van der Waals surface area contributed by atoms with Gasteiger partial charge in [0.25, 0.3) is 0 Å². The summed E-state index contributed by atoms with van der Waals surface area (Å²) in [7, 11) is 1.32. The minimum Gasteiger partial charge on any atom is -0.485 e. The van der Waals surface area contributed by atoms with E-state index in [0.717, 1.165) is 6.42 Å². The highest BCUT2D eigenvalue weighted by atomic mass is 16.5. The van der Waals surface area contributed by atoms with Crippen LogP contribution in [-0.2, 0) is 11.3 Å². The second kappa shape index (κ2) is 7.84. The fraction of sp³-hybridized carbons (Fsp3) is 0.400. The summed E-state index contributed by atoms with van der Waals surface area (Å²) >= 11 is 0. The van der Waals surface area contributed by atoms with E-state index in [4.69, 9.17) is 9.26 Å². The van der Waals surface area contributed by atoms with Gasteiger partial charge >= 0.3 is 17.8 Å². The molecule has 8 heteroatoms. The number of carbonyl (C=O) groups is 2. The summed E-state index contributed by atoms with van der Waals surface area (Å²) < 4.78 is 15.2. The highest BCUT2D eigenvalue weighted by molar-refractivity contribution is 5.89. The van der Waals surface area contributed by atoms with Crippen molar-refractivity contribution in [1.82, 2.24) is 15.5 Å². The molecule has 0 unspecified atom stereocenters. The Labute approximate surface area is 161 Å². The first-order chi connectivity index (χ1) is 13.6. The molecule has 8 nitrogen and oxygen atoms in total. The number of benzene rings is 1. The first kappa shape index (κ1) is 18.2. The van der Waals surface area contributed by atoms with Gasteiger partial charge in [0.15, 0.2) is 6.61 Å². The smallest absolute Gasteiger partial charge is 0.337 e. The third kappa shape index (κ3) is 3.90. The number of carbonyl (C=O) groups excluding carboxylic acids is 2. The van der Waals surface area contributed by atoms with E-state index < -0.39 is 5.97 Å². The van der Waals surface area contributed by atoms with Crippen LogP contribution in [0.1, 0.15) is 39.7 Å². The number of allylic oxidation sites excluding steroid dienone is 2. The quantitative estimate of drug-likeness (QED) is 0.578. The SMILES string of the molecule is COC(=O)c1ccc(OCc2noc(C(=O)NC[C@H]3C[C@H]4C=C[C@H]3C4)n2)cc1. The molecule has 1 aromatic heterocycles. The van der Waals surface area contributed by atoms with Gasteiger partial charge in [0, 0.05) is 6.54 Å². The second-order valence-corrected chi connectivity index (χ2v) is 7.07. The molecule has 146 valence electrons. The van der Waals surface area contributed by atoms with Crippen LogP contribution in [0.2, 0.25) is 0 Å². The molecule has 28 heavy (non-hydrogen) atoms. The molecule has 2 aliphatic carbocycles. The van der Waals surface area contributed by atoms with Gasteiger partial charge in [0.1, 0.15) is 5.75 Å². The Morgan fingerprint density at radius 1 is 1.21 bits per heavy atom. The molecule has 1 heterocycles. The van der Waals surface area contributed by atoms with Crippen LogP contribution in [0.4, 0.5) is 0 Å². The number of fused-ring (bicyclic) bond motifs is 2. The first-order valence-corrected chi connectivity index (χ1v) is 9.22. The molecule has 1 N–H and O–H groups in total. The van der Waals surface area contributed by atoms with Gasteiger partial charge in [-0.25, -0.2) is 4.79 Å². The molecule has 2 aliphatic rings. The average molecular weight is 383 g/mol. The lowest BCUT2D eigenvalue weighted by Crippen LogP contribution is -2.31. The Morgan fingerprint density at radius 3 is 2.71 bits per heavy atom. The number of hydrogen-bond donors (Lipinski definition) is 1. The van der Waals surface area contributed by atoms with E-state index in [1.165, 1.54) is 13.5 Å². The number of aromatic nitrogens is 2. The standard InChI is InChI=1S/C20H21N3O5/c1-26-20(25)13-4-6-16(7-5-13)27-11-17-22-19(28-23-17)18(24)21-10-15-9-12-2-3-14(15)8-12/h2-7,12,14-15H,8-11H2,1H3,(H,21,24)/t12-,14-,15+/m0/s1. The van der Waals surface area contributed by atoms with Crippen LogP contribution in [0.5, 0.6) is 5.75 Å². The van der Waals surface area contributed by atoms with Gasteiger partial charge in [-0.3, -0.25) is 4.79 Å². The van der Waals surface area contributed by atoms with Crippen molar-refractivity contribution in [1.29, 1.82) is 0 Å². The van der Waals surface area contributed by atoms with Gasteiger partial charge in [-0.2, -0.15) is 4.98 Å². The van der Waals surface area contributed by atoms with E-state index >= 15 is 0 Å². The van der Waals surface area contributed by atoms with Gasteiger partial charge in [0.2, 0.25) is 5.82 Å². The van der Waals surface area contributed by atoms with Gasteiger partial charge < -0.3 is 19.3 Å². The summed E-state index contributed by atoms with van der Waals surface area (Å²) in [6.07, 6.45) is 6.85. The van der Waals surface area contributed by atoms with Crippen molar-refractivity contribution in [2.24, 2.45) is 17.8 Å². The van der Waals surface area contributed by atoms with E-state index in [0.29, 0.717) is 35.6 Å². The van der Waals surface area contributed by atoms with Crippen LogP contribution < -0.4 is 10.1 Å². The molecule has 1 saturated carbocycles. The fourth-order valence-corrected chi connectivity index (χ4v) is 3.79. The van der Waals surface area contributed by atoms with Crippen LogP contribution >= 0.6 is 0 Å². The van der Waals surface area contributed by atoms with Crippen molar-refractivity contribution in [3.05, 3.63) is 53.7 Å². The predicted octanol–water partition coefficient (Wildman–Crippen LogP) is 2.38. The van der Waals surface area contributed by atoms with Crippen molar-refractivity contribution in [2.45, 2.75) is 19.4 Å². The Balaban J connectivity index is 1.26. The summed E-state index contributed by atoms with van der Waals surface area (Å²) in [5, 5.41) is 6.65. The summed E-state index contributed by atoms with van der Waals surface area (Å²) in [5.74, 6) is 1.67. The van der Waals surface area contributed by atoms with Gasteiger partial charge in [0.05, 0.1) is 12.7 Å². The maximum Gasteiger partial charge on any atom is 0.337 e. The molecule has 4 rings (SSSR count). The maximum atomic E-state index is 12.2. The molecule has 0 saturated heterocycles. The highest BCUT2D eigenvalue weighted by Gasteiger charge is 2.35. The molecule has 0 spiro atoms. The molecule has 0 radical (unpaired) electrons. The molecular formula is C20H21N3O5. The molecule has 1 amide bonds. The zero-order valence-corrected chi connectivity index (χ0v) is 15.5. The average Bonchev–Trinajstić information content (AvgIpc) is 3.47. The fourth-order valence-electron chi connectivity index (χ4n) is 3.79. The minimum absolute atomic E-state index is 0.0471. The topological polar surface area (TPSA) is 104 Å². The first-order valence-electron chi connectivity index (χ1n) is 9.22. The van der Waals surface area contributed by atoms with Crippen molar-refractivity contribution in [3.63, 3.8) is 0 Å². The number of nitrogens with one attached hydrogen (secondary N) is 1. The zero-order valence-electron chi connectivity index (χ0n) is 15.5. The third-order valence-electron chi connectivity index (χ3n) is 5.25. The molecular weight excluding hydrogens is 362 g/mol. The van der Waals surface area contributed by atoms with Gasteiger partial charge in [-0.15, -0.1) is 0 Å². The lowest BCUT2D eigenvalue weighted by molar-refractivity contribution is 0.0600. The zero-order chi connectivity index (χ0) is 19.5. The summed E-state index contributed by atoms with van der Waals surface area (Å²) in [4.78, 5) is 27.7. The van der Waals surface area contributed by atoms with Gasteiger partial charge in [-0.05, 0) is 54.9 Å². The minimum atomic E-state index is -0.415. The summed E-state index contributed by atoms with van der Waals surface area (Å²) in [6.45, 7) is 0.663. The van der Waals surface area contributed by atoms with E-state index in [9.17, 15) is 9.59 Å². The largest absolute Gasteiger partial charge is 0.485 e. The van der Waals surface area contributed by atoms with Crippen molar-refractivity contribution >= 4 is 11.9 Å². The van der Waals surface area contributed by atoms with E-state index in [2.05, 4.69) is 32.3 Å². The Kier molecular flexibility index (Phi) is 5.10. The number of methoxy groups -OCH3 is 1. The van der Waals surface area contributed by atoms with Crippen LogP contribution in [0.15, 0.2) is 40.9 Å². The maximum absolute atomic E-state index is 12.2. The second-order valence-electron chi connectivity index (χ2n) is 7.07. The van der Waals surface area contributed by atoms with Crippen LogP contribution in [-0.4, -0.2) is 35.7 Å². The lowest BCUT2D eigenvalue weighted by atomic mass is 9.94. The number of hydrogen-bond acceptors (Lipinski definition) is 7. The molecule has 3 atom stereocenters. The van der Waals surface area contributed by atoms with Crippen LogP contribution in [0.25, 0.3) is 0 Å². The summed E-state index contributed by atoms with van der Waals surface area (Å²) in [6, 6.07) is 6.48. The number of rotatable bonds is 7. The van der Waals surface area contributed by atoms with Gasteiger partial charge in [-0.1, -0.05) is 17.3 Å². The third-order valence-corrected chi connectivity index (χ3v) is 5.25. The normalized spacial score (nSPS) is 22.2. The van der Waals surface area contributed by atoms with Crippen LogP contribution in [0.3, 0.4) is 0 Å². The lowest BCUT2D eigenvalue weighted by Gasteiger charge is -2.17. The van der Waals surface area contributed by atoms with Crippen molar-refractivity contribution < 1.29 is 23.6 Å². The van der Waals surface area contributed by atoms with E-state index in [1.807, 2.05) is 0 Å². The van der Waals surface area contributed by atoms with E-state index in [-0.39, 0.29) is 24.2 Å². The number of nitrogens with zero attached hydrogens (tertiary/aromatic N) is 2. The molecule has 1 aromatic carbocycles. The molecule has 0 aliphatic heterocycles. The summed E-state index contributed by atoms with van der Waals surface area (Å²) in [5.41, 5.74) is 0.430. The van der Waals surface area contributed by atoms with Crippen LogP contribution in [0, 0.1) is 17.8 Å². The Morgan fingerprint density at radius 2 is 2.04 bits per heavy atom.